The highest BCUT2D eigenvalue weighted by Gasteiger charge is 2.36. The molecule has 2 heterocycles. The molecule has 1 amide bonds. The van der Waals surface area contributed by atoms with E-state index in [-0.39, 0.29) is 25.7 Å². The van der Waals surface area contributed by atoms with Crippen molar-refractivity contribution in [2.24, 2.45) is 0 Å². The molecule has 3 aromatic rings. The summed E-state index contributed by atoms with van der Waals surface area (Å²) in [5.74, 6) is 0.503. The van der Waals surface area contributed by atoms with Crippen LogP contribution in [0.1, 0.15) is 28.4 Å². The zero-order valence-electron chi connectivity index (χ0n) is 18.8. The van der Waals surface area contributed by atoms with Gasteiger partial charge in [-0.05, 0) is 58.7 Å². The van der Waals surface area contributed by atoms with Crippen LogP contribution in [0.4, 0.5) is 4.79 Å². The largest absolute Gasteiger partial charge is 0.489 e. The van der Waals surface area contributed by atoms with Crippen LogP contribution in [0.5, 0.6) is 17.2 Å². The van der Waals surface area contributed by atoms with Gasteiger partial charge in [0.05, 0.1) is 16.6 Å². The summed E-state index contributed by atoms with van der Waals surface area (Å²) in [4.78, 5) is 24.0. The van der Waals surface area contributed by atoms with E-state index >= 15 is 0 Å². The molecule has 5 rings (SSSR count). The molecule has 186 valence electrons. The fourth-order valence-electron chi connectivity index (χ4n) is 4.31. The van der Waals surface area contributed by atoms with Crippen LogP contribution in [0.2, 0.25) is 10.0 Å². The molecule has 0 unspecified atom stereocenters. The summed E-state index contributed by atoms with van der Waals surface area (Å²) in [6.07, 6.45) is -1.58. The fraction of sp³-hybridized carbons (Fsp3) is 0.231. The Morgan fingerprint density at radius 3 is 2.42 bits per heavy atom. The molecule has 2 aliphatic rings. The van der Waals surface area contributed by atoms with Crippen LogP contribution in [-0.2, 0) is 24.4 Å². The number of carboxylic acids is 1. The molecule has 0 saturated heterocycles. The van der Waals surface area contributed by atoms with Gasteiger partial charge < -0.3 is 24.4 Å². The summed E-state index contributed by atoms with van der Waals surface area (Å²) >= 11 is 12.0. The van der Waals surface area contributed by atoms with E-state index in [1.165, 1.54) is 0 Å². The standard InChI is InChI=1S/C26H21Cl2NO7/c27-19-6-1-14(7-20(19)28)12-34-18-4-2-15(3-5-18)24-13-35-22-9-16-8-21(25(30)31)29(26(32)33)11-17(16)10-23(22)36-24/h1-7,9-10,21,24H,8,11-13H2,(H,30,31)(H,32,33)/t21-,24-/m0/s1. The van der Waals surface area contributed by atoms with Gasteiger partial charge >= 0.3 is 12.1 Å². The monoisotopic (exact) mass is 529 g/mol. The number of carbonyl (C=O) groups is 2. The van der Waals surface area contributed by atoms with Crippen molar-refractivity contribution in [2.75, 3.05) is 6.61 Å². The Morgan fingerprint density at radius 2 is 1.72 bits per heavy atom. The molecule has 0 aliphatic carbocycles. The van der Waals surface area contributed by atoms with Gasteiger partial charge in [-0.3, -0.25) is 4.90 Å². The lowest BCUT2D eigenvalue weighted by Crippen LogP contribution is -2.48. The maximum atomic E-state index is 11.6. The average Bonchev–Trinajstić information content (AvgIpc) is 2.87. The first-order valence-electron chi connectivity index (χ1n) is 11.1. The summed E-state index contributed by atoms with van der Waals surface area (Å²) in [5.41, 5.74) is 3.22. The highest BCUT2D eigenvalue weighted by molar-refractivity contribution is 6.42. The molecule has 10 heteroatoms. The molecule has 3 aromatic carbocycles. The molecule has 0 radical (unpaired) electrons. The van der Waals surface area contributed by atoms with E-state index < -0.39 is 18.1 Å². The van der Waals surface area contributed by atoms with E-state index in [0.717, 1.165) is 21.6 Å². The molecule has 0 aromatic heterocycles. The van der Waals surface area contributed by atoms with Crippen molar-refractivity contribution < 1.29 is 34.0 Å². The summed E-state index contributed by atoms with van der Waals surface area (Å²) < 4.78 is 17.9. The number of benzene rings is 3. The number of fused-ring (bicyclic) bond motifs is 2. The Morgan fingerprint density at radius 1 is 0.972 bits per heavy atom. The second-order valence-electron chi connectivity index (χ2n) is 8.56. The van der Waals surface area contributed by atoms with Crippen molar-refractivity contribution in [2.45, 2.75) is 31.7 Å². The lowest BCUT2D eigenvalue weighted by atomic mass is 9.93. The second-order valence-corrected chi connectivity index (χ2v) is 9.37. The molecule has 0 saturated carbocycles. The van der Waals surface area contributed by atoms with Crippen LogP contribution in [0.3, 0.4) is 0 Å². The normalized spacial score (nSPS) is 18.3. The van der Waals surface area contributed by atoms with Crippen LogP contribution < -0.4 is 14.2 Å². The van der Waals surface area contributed by atoms with Crippen LogP contribution in [-0.4, -0.2) is 39.8 Å². The van der Waals surface area contributed by atoms with Crippen molar-refractivity contribution in [1.82, 2.24) is 4.90 Å². The number of carboxylic acid groups (broad SMARTS) is 2. The number of halogens is 2. The van der Waals surface area contributed by atoms with Crippen molar-refractivity contribution in [3.63, 3.8) is 0 Å². The van der Waals surface area contributed by atoms with Crippen molar-refractivity contribution >= 4 is 35.3 Å². The van der Waals surface area contributed by atoms with Gasteiger partial charge in [-0.2, -0.15) is 0 Å². The lowest BCUT2D eigenvalue weighted by molar-refractivity contribution is -0.143. The second kappa shape index (κ2) is 9.79. The van der Waals surface area contributed by atoms with Crippen LogP contribution >= 0.6 is 23.2 Å². The minimum absolute atomic E-state index is 0.0339. The quantitative estimate of drug-likeness (QED) is 0.444. The number of ether oxygens (including phenoxy) is 3. The first-order chi connectivity index (χ1) is 17.3. The third-order valence-corrected chi connectivity index (χ3v) is 6.97. The minimum Gasteiger partial charge on any atom is -0.489 e. The maximum Gasteiger partial charge on any atom is 0.408 e. The summed E-state index contributed by atoms with van der Waals surface area (Å²) in [6, 6.07) is 15.2. The highest BCUT2D eigenvalue weighted by atomic mass is 35.5. The molecule has 0 fully saturated rings. The third-order valence-electron chi connectivity index (χ3n) is 6.23. The fourth-order valence-corrected chi connectivity index (χ4v) is 4.63. The van der Waals surface area contributed by atoms with Crippen LogP contribution in [0, 0.1) is 0 Å². The number of nitrogens with zero attached hydrogens (tertiary/aromatic N) is 1. The number of aliphatic carboxylic acids is 1. The Kier molecular flexibility index (Phi) is 6.55. The first-order valence-corrected chi connectivity index (χ1v) is 11.9. The van der Waals surface area contributed by atoms with Gasteiger partial charge in [0.25, 0.3) is 0 Å². The number of hydrogen-bond acceptors (Lipinski definition) is 5. The molecule has 0 spiro atoms. The Labute approximate surface area is 216 Å². The van der Waals surface area contributed by atoms with Crippen molar-refractivity contribution in [1.29, 1.82) is 0 Å². The van der Waals surface area contributed by atoms with Gasteiger partial charge in [0.15, 0.2) is 17.6 Å². The van der Waals surface area contributed by atoms with E-state index in [2.05, 4.69) is 0 Å². The molecule has 8 nitrogen and oxygen atoms in total. The van der Waals surface area contributed by atoms with Crippen LogP contribution in [0.25, 0.3) is 0 Å². The summed E-state index contributed by atoms with van der Waals surface area (Å²) in [6.45, 7) is 0.584. The van der Waals surface area contributed by atoms with Gasteiger partial charge in [-0.15, -0.1) is 0 Å². The summed E-state index contributed by atoms with van der Waals surface area (Å²) in [7, 11) is 0. The van der Waals surface area contributed by atoms with E-state index in [0.29, 0.717) is 39.5 Å². The Balaban J connectivity index is 1.27. The molecule has 2 atom stereocenters. The van der Waals surface area contributed by atoms with E-state index in [4.69, 9.17) is 37.4 Å². The van der Waals surface area contributed by atoms with Gasteiger partial charge in [0.1, 0.15) is 25.0 Å². The third kappa shape index (κ3) is 4.87. The molecule has 2 aliphatic heterocycles. The number of rotatable bonds is 5. The van der Waals surface area contributed by atoms with Gasteiger partial charge in [0, 0.05) is 6.42 Å². The lowest BCUT2D eigenvalue weighted by Gasteiger charge is -2.34. The predicted molar refractivity (Wildman–Crippen MR) is 131 cm³/mol. The Bertz CT molecular complexity index is 1330. The smallest absolute Gasteiger partial charge is 0.408 e. The molecular formula is C26H21Cl2NO7. The average molecular weight is 530 g/mol. The summed E-state index contributed by atoms with van der Waals surface area (Å²) in [5, 5.41) is 19.8. The van der Waals surface area contributed by atoms with E-state index in [1.54, 1.807) is 24.3 Å². The molecule has 36 heavy (non-hydrogen) atoms. The molecular weight excluding hydrogens is 509 g/mol. The SMILES string of the molecule is O=C(O)[C@@H]1Cc2cc3c(cc2CN1C(=O)O)O[C@H](c1ccc(OCc2ccc(Cl)c(Cl)c2)cc1)CO3. The van der Waals surface area contributed by atoms with Gasteiger partial charge in [-0.25, -0.2) is 9.59 Å². The minimum atomic E-state index is -1.28. The van der Waals surface area contributed by atoms with Gasteiger partial charge in [-0.1, -0.05) is 41.4 Å². The number of amides is 1. The van der Waals surface area contributed by atoms with Crippen molar-refractivity contribution in [3.05, 3.63) is 86.9 Å². The molecule has 2 N–H and O–H groups in total. The van der Waals surface area contributed by atoms with E-state index in [9.17, 15) is 19.8 Å². The number of hydrogen-bond donors (Lipinski definition) is 2. The Hall–Kier alpha value is -3.62. The highest BCUT2D eigenvalue weighted by Crippen LogP contribution is 2.41. The van der Waals surface area contributed by atoms with Crippen molar-refractivity contribution in [3.8, 4) is 17.2 Å². The predicted octanol–water partition coefficient (Wildman–Crippen LogP) is 5.57. The first kappa shape index (κ1) is 24.1. The topological polar surface area (TPSA) is 106 Å². The van der Waals surface area contributed by atoms with E-state index in [1.807, 2.05) is 30.3 Å². The van der Waals surface area contributed by atoms with Crippen LogP contribution in [0.15, 0.2) is 54.6 Å². The maximum absolute atomic E-state index is 11.6. The zero-order valence-corrected chi connectivity index (χ0v) is 20.3. The molecule has 0 bridgehead atoms. The van der Waals surface area contributed by atoms with Gasteiger partial charge in [0.2, 0.25) is 0 Å². The zero-order chi connectivity index (χ0) is 25.4.